The molecule has 2 aromatic carbocycles. The van der Waals surface area contributed by atoms with Crippen molar-refractivity contribution in [3.8, 4) is 0 Å². The minimum Gasteiger partial charge on any atom is -0.379 e. The van der Waals surface area contributed by atoms with Gasteiger partial charge in [-0.3, -0.25) is 24.6 Å². The van der Waals surface area contributed by atoms with Gasteiger partial charge in [0.15, 0.2) is 5.13 Å². The third kappa shape index (κ3) is 5.87. The first kappa shape index (κ1) is 25.1. The number of benzene rings is 2. The van der Waals surface area contributed by atoms with Crippen LogP contribution in [0.4, 0.5) is 5.13 Å². The fourth-order valence-corrected chi connectivity index (χ4v) is 5.32. The van der Waals surface area contributed by atoms with E-state index in [2.05, 4.69) is 20.5 Å². The molecule has 1 atom stereocenters. The highest BCUT2D eigenvalue weighted by Crippen LogP contribution is 2.32. The zero-order valence-electron chi connectivity index (χ0n) is 20.4. The van der Waals surface area contributed by atoms with E-state index >= 15 is 0 Å². The molecule has 0 unspecified atom stereocenters. The Morgan fingerprint density at radius 1 is 1.05 bits per heavy atom. The number of anilines is 1. The van der Waals surface area contributed by atoms with Crippen molar-refractivity contribution < 1.29 is 19.1 Å². The van der Waals surface area contributed by atoms with Crippen LogP contribution in [0.2, 0.25) is 0 Å². The van der Waals surface area contributed by atoms with Crippen molar-refractivity contribution in [2.75, 3.05) is 44.7 Å². The standard InChI is InChI=1S/C27H29N5O4S/c33-24(28-11-6-12-31-13-15-36-16-14-31)22-18-37-27(29-22)30-25(34)23(19-7-2-1-3-8-19)32-17-20-9-4-5-10-21(20)26(32)35/h1-5,7-10,18,23H,6,11-17H2,(H,28,33)(H,29,30,34)/t23-/m1/s1. The normalized spacial score (nSPS) is 16.3. The molecule has 2 N–H and O–H groups in total. The molecule has 192 valence electrons. The summed E-state index contributed by atoms with van der Waals surface area (Å²) in [5.41, 5.74) is 2.46. The molecular formula is C27H29N5O4S. The summed E-state index contributed by atoms with van der Waals surface area (Å²) in [4.78, 5) is 47.4. The maximum Gasteiger partial charge on any atom is 0.270 e. The topological polar surface area (TPSA) is 104 Å². The van der Waals surface area contributed by atoms with Crippen LogP contribution in [0, 0.1) is 0 Å². The summed E-state index contributed by atoms with van der Waals surface area (Å²) >= 11 is 1.18. The van der Waals surface area contributed by atoms with Crippen molar-refractivity contribution in [3.05, 3.63) is 82.4 Å². The molecule has 10 heteroatoms. The number of thiazole rings is 1. The fraction of sp³-hybridized carbons (Fsp3) is 0.333. The molecule has 0 spiro atoms. The lowest BCUT2D eigenvalue weighted by Crippen LogP contribution is -2.38. The monoisotopic (exact) mass is 519 g/mol. The molecule has 1 saturated heterocycles. The number of fused-ring (bicyclic) bond motifs is 1. The summed E-state index contributed by atoms with van der Waals surface area (Å²) in [6.07, 6.45) is 0.838. The molecule has 2 aliphatic rings. The van der Waals surface area contributed by atoms with Crippen molar-refractivity contribution >= 4 is 34.2 Å². The van der Waals surface area contributed by atoms with Crippen molar-refractivity contribution in [1.29, 1.82) is 0 Å². The van der Waals surface area contributed by atoms with Gasteiger partial charge in [0.1, 0.15) is 11.7 Å². The second kappa shape index (κ2) is 11.6. The Morgan fingerprint density at radius 2 is 1.81 bits per heavy atom. The predicted molar refractivity (Wildman–Crippen MR) is 140 cm³/mol. The van der Waals surface area contributed by atoms with Crippen LogP contribution in [-0.4, -0.2) is 71.9 Å². The van der Waals surface area contributed by atoms with Crippen LogP contribution in [-0.2, 0) is 16.1 Å². The maximum atomic E-state index is 13.5. The van der Waals surface area contributed by atoms with Gasteiger partial charge in [0.05, 0.1) is 13.2 Å². The molecule has 0 aliphatic carbocycles. The first-order chi connectivity index (χ1) is 18.1. The van der Waals surface area contributed by atoms with Crippen LogP contribution in [0.15, 0.2) is 60.0 Å². The highest BCUT2D eigenvalue weighted by atomic mass is 32.1. The minimum atomic E-state index is -0.831. The molecule has 2 aliphatic heterocycles. The second-order valence-corrected chi connectivity index (χ2v) is 9.85. The highest BCUT2D eigenvalue weighted by Gasteiger charge is 2.37. The average Bonchev–Trinajstić information content (AvgIpc) is 3.53. The predicted octanol–water partition coefficient (Wildman–Crippen LogP) is 2.93. The lowest BCUT2D eigenvalue weighted by Gasteiger charge is -2.27. The molecule has 0 radical (unpaired) electrons. The van der Waals surface area contributed by atoms with E-state index in [-0.39, 0.29) is 23.4 Å². The van der Waals surface area contributed by atoms with E-state index in [9.17, 15) is 14.4 Å². The van der Waals surface area contributed by atoms with Gasteiger partial charge < -0.3 is 15.0 Å². The zero-order valence-corrected chi connectivity index (χ0v) is 21.2. The summed E-state index contributed by atoms with van der Waals surface area (Å²) in [7, 11) is 0. The van der Waals surface area contributed by atoms with E-state index in [1.54, 1.807) is 16.3 Å². The summed E-state index contributed by atoms with van der Waals surface area (Å²) in [5.74, 6) is -0.835. The number of morpholine rings is 1. The number of carbonyl (C=O) groups excluding carboxylic acids is 3. The number of hydrogen-bond acceptors (Lipinski definition) is 7. The Bertz CT molecular complexity index is 1260. The van der Waals surface area contributed by atoms with Gasteiger partial charge in [-0.1, -0.05) is 48.5 Å². The van der Waals surface area contributed by atoms with Crippen LogP contribution in [0.1, 0.15) is 44.4 Å². The van der Waals surface area contributed by atoms with Crippen LogP contribution < -0.4 is 10.6 Å². The van der Waals surface area contributed by atoms with Gasteiger partial charge in [0, 0.05) is 37.1 Å². The molecule has 3 amide bonds. The van der Waals surface area contributed by atoms with E-state index in [0.29, 0.717) is 29.3 Å². The quantitative estimate of drug-likeness (QED) is 0.422. The van der Waals surface area contributed by atoms with Gasteiger partial charge in [-0.05, 0) is 30.2 Å². The van der Waals surface area contributed by atoms with Crippen molar-refractivity contribution in [3.63, 3.8) is 0 Å². The van der Waals surface area contributed by atoms with Gasteiger partial charge in [-0.2, -0.15) is 0 Å². The Morgan fingerprint density at radius 3 is 2.59 bits per heavy atom. The summed E-state index contributed by atoms with van der Waals surface area (Å²) in [5, 5.41) is 7.66. The van der Waals surface area contributed by atoms with Crippen LogP contribution >= 0.6 is 11.3 Å². The van der Waals surface area contributed by atoms with Gasteiger partial charge in [0.25, 0.3) is 17.7 Å². The molecule has 0 saturated carbocycles. The number of ether oxygens (including phenoxy) is 1. The second-order valence-electron chi connectivity index (χ2n) is 8.99. The first-order valence-corrected chi connectivity index (χ1v) is 13.3. The Kier molecular flexibility index (Phi) is 7.88. The number of nitrogens with zero attached hydrogens (tertiary/aromatic N) is 3. The summed E-state index contributed by atoms with van der Waals surface area (Å²) < 4.78 is 5.35. The van der Waals surface area contributed by atoms with E-state index in [1.165, 1.54) is 11.3 Å². The van der Waals surface area contributed by atoms with Crippen LogP contribution in [0.25, 0.3) is 0 Å². The molecule has 0 bridgehead atoms. The third-order valence-corrected chi connectivity index (χ3v) is 7.29. The van der Waals surface area contributed by atoms with Gasteiger partial charge in [0.2, 0.25) is 0 Å². The SMILES string of the molecule is O=C(NCCCN1CCOCC1)c1csc(NC(=O)[C@@H](c2ccccc2)N2Cc3ccccc3C2=O)n1. The van der Waals surface area contributed by atoms with E-state index in [1.807, 2.05) is 48.5 Å². The highest BCUT2D eigenvalue weighted by molar-refractivity contribution is 7.14. The van der Waals surface area contributed by atoms with Crippen molar-refractivity contribution in [2.24, 2.45) is 0 Å². The molecule has 3 heterocycles. The molecule has 1 aromatic heterocycles. The number of amides is 3. The number of carbonyl (C=O) groups is 3. The number of rotatable bonds is 9. The summed E-state index contributed by atoms with van der Waals surface area (Å²) in [6, 6.07) is 15.8. The van der Waals surface area contributed by atoms with Crippen LogP contribution in [0.5, 0.6) is 0 Å². The lowest BCUT2D eigenvalue weighted by atomic mass is 10.0. The largest absolute Gasteiger partial charge is 0.379 e. The number of aromatic nitrogens is 1. The van der Waals surface area contributed by atoms with E-state index in [0.717, 1.165) is 44.8 Å². The summed E-state index contributed by atoms with van der Waals surface area (Å²) in [6.45, 7) is 5.14. The number of hydrogen-bond donors (Lipinski definition) is 2. The molecule has 1 fully saturated rings. The third-order valence-electron chi connectivity index (χ3n) is 6.53. The average molecular weight is 520 g/mol. The number of nitrogens with one attached hydrogen (secondary N) is 2. The van der Waals surface area contributed by atoms with E-state index in [4.69, 9.17) is 4.74 Å². The minimum absolute atomic E-state index is 0.184. The van der Waals surface area contributed by atoms with Gasteiger partial charge in [-0.15, -0.1) is 11.3 Å². The Labute approximate surface area is 219 Å². The maximum absolute atomic E-state index is 13.5. The smallest absolute Gasteiger partial charge is 0.270 e. The van der Waals surface area contributed by atoms with Crippen LogP contribution in [0.3, 0.4) is 0 Å². The van der Waals surface area contributed by atoms with Gasteiger partial charge in [-0.25, -0.2) is 4.98 Å². The molecular weight excluding hydrogens is 490 g/mol. The van der Waals surface area contributed by atoms with Gasteiger partial charge >= 0.3 is 0 Å². The van der Waals surface area contributed by atoms with Crippen molar-refractivity contribution in [1.82, 2.24) is 20.1 Å². The van der Waals surface area contributed by atoms with E-state index < -0.39 is 6.04 Å². The molecule has 37 heavy (non-hydrogen) atoms. The molecule has 9 nitrogen and oxygen atoms in total. The Balaban J connectivity index is 1.21. The molecule has 3 aromatic rings. The zero-order chi connectivity index (χ0) is 25.6. The van der Waals surface area contributed by atoms with Crippen molar-refractivity contribution in [2.45, 2.75) is 19.0 Å². The fourth-order valence-electron chi connectivity index (χ4n) is 4.62. The molecule has 5 rings (SSSR count). The Hall–Kier alpha value is -3.60. The first-order valence-electron chi connectivity index (χ1n) is 12.4. The lowest BCUT2D eigenvalue weighted by molar-refractivity contribution is -0.120.